The van der Waals surface area contributed by atoms with E-state index < -0.39 is 12.7 Å². The second-order valence-electron chi connectivity index (χ2n) is 8.37. The molecule has 3 atom stereocenters. The molecule has 1 N–H and O–H groups in total. The number of hydrogen-bond acceptors (Lipinski definition) is 4. The number of hydrogen-bond donors (Lipinski definition) is 1. The summed E-state index contributed by atoms with van der Waals surface area (Å²) in [5.41, 5.74) is 1.29. The number of aliphatic imine (C=N–C) groups is 1. The lowest BCUT2D eigenvalue weighted by atomic mass is 10.1. The summed E-state index contributed by atoms with van der Waals surface area (Å²) >= 11 is 0. The molecule has 4 rings (SSSR count). The summed E-state index contributed by atoms with van der Waals surface area (Å²) in [6.45, 7) is 4.03. The van der Waals surface area contributed by atoms with Crippen LogP contribution in [-0.2, 0) is 11.3 Å². The standard InChI is InChI=1S/C21H30F3N5O.HI/c1-25-20(26-17-7-8-27(12-17)15-21(22,23)24)29-13-18-19(14-29)30-10-9-28(18)11-16-5-3-2-4-6-16;/h2-6,17-19H,7-15H2,1H3,(H,25,26);1H. The van der Waals surface area contributed by atoms with Gasteiger partial charge in [0.05, 0.1) is 25.3 Å². The van der Waals surface area contributed by atoms with Crippen molar-refractivity contribution < 1.29 is 17.9 Å². The molecule has 0 amide bonds. The molecule has 1 aromatic rings. The van der Waals surface area contributed by atoms with Crippen molar-refractivity contribution in [1.82, 2.24) is 20.0 Å². The van der Waals surface area contributed by atoms with E-state index in [9.17, 15) is 13.2 Å². The Hall–Kier alpha value is -1.11. The second-order valence-corrected chi connectivity index (χ2v) is 8.37. The summed E-state index contributed by atoms with van der Waals surface area (Å²) in [5, 5.41) is 3.39. The van der Waals surface area contributed by atoms with Crippen molar-refractivity contribution >= 4 is 29.9 Å². The third-order valence-corrected chi connectivity index (χ3v) is 6.16. The van der Waals surface area contributed by atoms with Crippen molar-refractivity contribution in [2.45, 2.75) is 37.3 Å². The molecule has 174 valence electrons. The quantitative estimate of drug-likeness (QED) is 0.353. The SMILES string of the molecule is CN=C(NC1CCN(CC(F)(F)F)C1)N1CC2OCCN(Cc3ccccc3)C2C1.I. The molecule has 0 aromatic heterocycles. The van der Waals surface area contributed by atoms with Crippen LogP contribution in [0, 0.1) is 0 Å². The van der Waals surface area contributed by atoms with E-state index in [1.54, 1.807) is 7.05 Å². The first-order chi connectivity index (χ1) is 14.4. The lowest BCUT2D eigenvalue weighted by Gasteiger charge is -2.36. The fourth-order valence-electron chi connectivity index (χ4n) is 4.77. The normalized spacial score (nSPS) is 27.8. The maximum atomic E-state index is 12.7. The van der Waals surface area contributed by atoms with Crippen LogP contribution in [-0.4, -0.2) is 97.9 Å². The van der Waals surface area contributed by atoms with Crippen LogP contribution in [0.25, 0.3) is 0 Å². The van der Waals surface area contributed by atoms with E-state index >= 15 is 0 Å². The van der Waals surface area contributed by atoms with E-state index in [-0.39, 0.29) is 42.2 Å². The molecular weight excluding hydrogens is 522 g/mol. The van der Waals surface area contributed by atoms with Crippen LogP contribution in [0.15, 0.2) is 35.3 Å². The number of rotatable bonds is 4. The predicted molar refractivity (Wildman–Crippen MR) is 125 cm³/mol. The van der Waals surface area contributed by atoms with Crippen molar-refractivity contribution in [1.29, 1.82) is 0 Å². The molecule has 0 aliphatic carbocycles. The maximum absolute atomic E-state index is 12.7. The average Bonchev–Trinajstić information content (AvgIpc) is 3.33. The van der Waals surface area contributed by atoms with Crippen molar-refractivity contribution in [3.63, 3.8) is 0 Å². The number of halogens is 4. The first-order valence-corrected chi connectivity index (χ1v) is 10.6. The number of morpholine rings is 1. The lowest BCUT2D eigenvalue weighted by Crippen LogP contribution is -2.50. The summed E-state index contributed by atoms with van der Waals surface area (Å²) < 4.78 is 44.0. The Morgan fingerprint density at radius 3 is 2.65 bits per heavy atom. The summed E-state index contributed by atoms with van der Waals surface area (Å²) in [6.07, 6.45) is -3.35. The smallest absolute Gasteiger partial charge is 0.373 e. The molecule has 6 nitrogen and oxygen atoms in total. The Balaban J connectivity index is 0.00000272. The van der Waals surface area contributed by atoms with Crippen molar-refractivity contribution in [3.05, 3.63) is 35.9 Å². The van der Waals surface area contributed by atoms with E-state index in [0.717, 1.165) is 32.1 Å². The van der Waals surface area contributed by atoms with Crippen molar-refractivity contribution in [2.75, 3.05) is 52.9 Å². The number of guanidine groups is 1. The highest BCUT2D eigenvalue weighted by Crippen LogP contribution is 2.25. The van der Waals surface area contributed by atoms with E-state index in [1.165, 1.54) is 10.5 Å². The van der Waals surface area contributed by atoms with E-state index in [1.807, 2.05) is 6.07 Å². The summed E-state index contributed by atoms with van der Waals surface area (Å²) in [6, 6.07) is 10.7. The number of nitrogens with one attached hydrogen (secondary N) is 1. The van der Waals surface area contributed by atoms with Gasteiger partial charge < -0.3 is 15.0 Å². The highest BCUT2D eigenvalue weighted by molar-refractivity contribution is 14.0. The van der Waals surface area contributed by atoms with Crippen LogP contribution >= 0.6 is 24.0 Å². The van der Waals surface area contributed by atoms with Gasteiger partial charge in [-0.15, -0.1) is 24.0 Å². The Morgan fingerprint density at radius 1 is 1.16 bits per heavy atom. The van der Waals surface area contributed by atoms with Crippen LogP contribution in [0.5, 0.6) is 0 Å². The molecule has 0 bridgehead atoms. The van der Waals surface area contributed by atoms with Crippen molar-refractivity contribution in [3.8, 4) is 0 Å². The second kappa shape index (κ2) is 10.7. The molecule has 3 unspecified atom stereocenters. The zero-order chi connectivity index (χ0) is 21.1. The molecule has 3 aliphatic rings. The van der Waals surface area contributed by atoms with Crippen LogP contribution in [0.4, 0.5) is 13.2 Å². The van der Waals surface area contributed by atoms with Gasteiger partial charge in [0.25, 0.3) is 0 Å². The lowest BCUT2D eigenvalue weighted by molar-refractivity contribution is -0.143. The van der Waals surface area contributed by atoms with Gasteiger partial charge in [-0.3, -0.25) is 14.8 Å². The highest BCUT2D eigenvalue weighted by atomic mass is 127. The molecule has 1 aromatic carbocycles. The van der Waals surface area contributed by atoms with E-state index in [4.69, 9.17) is 4.74 Å². The van der Waals surface area contributed by atoms with E-state index in [0.29, 0.717) is 26.1 Å². The van der Waals surface area contributed by atoms with Gasteiger partial charge in [-0.25, -0.2) is 0 Å². The first-order valence-electron chi connectivity index (χ1n) is 10.6. The van der Waals surface area contributed by atoms with Crippen LogP contribution in [0.3, 0.4) is 0 Å². The van der Waals surface area contributed by atoms with Gasteiger partial charge in [0.1, 0.15) is 0 Å². The Bertz CT molecular complexity index is 735. The molecule has 3 fully saturated rings. The molecule has 3 aliphatic heterocycles. The monoisotopic (exact) mass is 553 g/mol. The molecule has 31 heavy (non-hydrogen) atoms. The van der Waals surface area contributed by atoms with Gasteiger partial charge in [0.2, 0.25) is 0 Å². The number of fused-ring (bicyclic) bond motifs is 1. The minimum absolute atomic E-state index is 0. The van der Waals surface area contributed by atoms with Gasteiger partial charge >= 0.3 is 6.18 Å². The highest BCUT2D eigenvalue weighted by Gasteiger charge is 2.42. The third kappa shape index (κ3) is 6.45. The number of nitrogens with zero attached hydrogens (tertiary/aromatic N) is 4. The fourth-order valence-corrected chi connectivity index (χ4v) is 4.77. The summed E-state index contributed by atoms with van der Waals surface area (Å²) in [5.74, 6) is 0.756. The van der Waals surface area contributed by atoms with Gasteiger partial charge in [-0.1, -0.05) is 30.3 Å². The van der Waals surface area contributed by atoms with Gasteiger partial charge in [-0.2, -0.15) is 13.2 Å². The molecular formula is C21H31F3IN5O. The fraction of sp³-hybridized carbons (Fsp3) is 0.667. The van der Waals surface area contributed by atoms with Crippen molar-refractivity contribution in [2.24, 2.45) is 4.99 Å². The van der Waals surface area contributed by atoms with Gasteiger partial charge in [-0.05, 0) is 12.0 Å². The molecule has 0 spiro atoms. The number of ether oxygens (including phenoxy) is 1. The Labute approximate surface area is 198 Å². The minimum Gasteiger partial charge on any atom is -0.373 e. The third-order valence-electron chi connectivity index (χ3n) is 6.16. The Morgan fingerprint density at radius 2 is 1.94 bits per heavy atom. The number of alkyl halides is 3. The number of benzene rings is 1. The summed E-state index contributed by atoms with van der Waals surface area (Å²) in [4.78, 5) is 10.5. The molecule has 3 heterocycles. The predicted octanol–water partition coefficient (Wildman–Crippen LogP) is 2.40. The maximum Gasteiger partial charge on any atom is 0.401 e. The zero-order valence-electron chi connectivity index (χ0n) is 17.7. The van der Waals surface area contributed by atoms with Crippen LogP contribution < -0.4 is 5.32 Å². The van der Waals surface area contributed by atoms with Gasteiger partial charge in [0.15, 0.2) is 5.96 Å². The van der Waals surface area contributed by atoms with Crippen LogP contribution in [0.1, 0.15) is 12.0 Å². The van der Waals surface area contributed by atoms with Gasteiger partial charge in [0, 0.05) is 52.4 Å². The van der Waals surface area contributed by atoms with E-state index in [2.05, 4.69) is 44.4 Å². The van der Waals surface area contributed by atoms with Crippen LogP contribution in [0.2, 0.25) is 0 Å². The Kier molecular flexibility index (Phi) is 8.44. The molecule has 0 radical (unpaired) electrons. The zero-order valence-corrected chi connectivity index (χ0v) is 20.1. The largest absolute Gasteiger partial charge is 0.401 e. The summed E-state index contributed by atoms with van der Waals surface area (Å²) in [7, 11) is 1.73. The topological polar surface area (TPSA) is 43.3 Å². The average molecular weight is 553 g/mol. The number of likely N-dealkylation sites (tertiary alicyclic amines) is 2. The first kappa shape index (κ1) is 24.5. The molecule has 10 heteroatoms. The molecule has 0 saturated carbocycles. The molecule has 3 saturated heterocycles. The minimum atomic E-state index is -4.15.